The minimum absolute atomic E-state index is 0.000697. The maximum Gasteiger partial charge on any atom is 0.189 e. The number of benzene rings is 1. The van der Waals surface area contributed by atoms with Gasteiger partial charge in [0.05, 0.1) is 15.5 Å². The van der Waals surface area contributed by atoms with Gasteiger partial charge in [-0.25, -0.2) is 8.42 Å². The topological polar surface area (TPSA) is 89.6 Å². The zero-order valence-corrected chi connectivity index (χ0v) is 13.7. The Labute approximate surface area is 130 Å². The van der Waals surface area contributed by atoms with Crippen LogP contribution < -0.4 is 5.73 Å². The maximum atomic E-state index is 13.0. The van der Waals surface area contributed by atoms with Crippen LogP contribution in [0.5, 0.6) is 5.75 Å². The van der Waals surface area contributed by atoms with Crippen molar-refractivity contribution in [1.82, 2.24) is 0 Å². The number of hydrogen-bond acceptors (Lipinski definition) is 5. The second-order valence-corrected chi connectivity index (χ2v) is 8.68. The molecule has 0 radical (unpaired) electrons. The van der Waals surface area contributed by atoms with Gasteiger partial charge >= 0.3 is 0 Å². The molecule has 0 amide bonds. The van der Waals surface area contributed by atoms with E-state index in [1.54, 1.807) is 13.8 Å². The van der Waals surface area contributed by atoms with Gasteiger partial charge in [0.2, 0.25) is 0 Å². The SMILES string of the molecule is CC(C)(C1CCOCC1)S(=O)(=O)c1c(Cl)ccc(N)c1O. The summed E-state index contributed by atoms with van der Waals surface area (Å²) in [5.74, 6) is -0.532. The average Bonchev–Trinajstić information content (AvgIpc) is 2.44. The summed E-state index contributed by atoms with van der Waals surface area (Å²) >= 11 is 6.01. The van der Waals surface area contributed by atoms with E-state index in [0.717, 1.165) is 0 Å². The standard InChI is InChI=1S/C14H20ClNO4S/c1-14(2,9-5-7-20-8-6-9)21(18,19)13-10(15)3-4-11(16)12(13)17/h3-4,9,17H,5-8,16H2,1-2H3. The fourth-order valence-electron chi connectivity index (χ4n) is 2.69. The molecule has 7 heteroatoms. The smallest absolute Gasteiger partial charge is 0.189 e. The minimum Gasteiger partial charge on any atom is -0.504 e. The molecule has 0 aliphatic carbocycles. The van der Waals surface area contributed by atoms with Gasteiger partial charge in [0.25, 0.3) is 0 Å². The van der Waals surface area contributed by atoms with Crippen molar-refractivity contribution in [3.63, 3.8) is 0 Å². The van der Waals surface area contributed by atoms with Crippen molar-refractivity contribution in [2.45, 2.75) is 36.3 Å². The lowest BCUT2D eigenvalue weighted by atomic mass is 9.88. The first kappa shape index (κ1) is 16.4. The number of aromatic hydroxyl groups is 1. The van der Waals surface area contributed by atoms with Crippen molar-refractivity contribution >= 4 is 27.1 Å². The molecule has 1 aromatic rings. The molecule has 2 rings (SSSR count). The molecule has 1 aliphatic rings. The summed E-state index contributed by atoms with van der Waals surface area (Å²) < 4.78 is 30.2. The van der Waals surface area contributed by atoms with Crippen LogP contribution in [0.2, 0.25) is 5.02 Å². The van der Waals surface area contributed by atoms with Crippen LogP contribution in [-0.4, -0.2) is 31.5 Å². The van der Waals surface area contributed by atoms with Gasteiger partial charge in [0.1, 0.15) is 4.90 Å². The molecular weight excluding hydrogens is 314 g/mol. The Morgan fingerprint density at radius 3 is 2.48 bits per heavy atom. The van der Waals surface area contributed by atoms with E-state index < -0.39 is 20.3 Å². The molecule has 0 saturated carbocycles. The third-order valence-corrected chi connectivity index (χ3v) is 7.38. The molecule has 1 aliphatic heterocycles. The third kappa shape index (κ3) is 2.72. The van der Waals surface area contributed by atoms with E-state index in [9.17, 15) is 13.5 Å². The first-order valence-electron chi connectivity index (χ1n) is 6.79. The zero-order valence-electron chi connectivity index (χ0n) is 12.1. The summed E-state index contributed by atoms with van der Waals surface area (Å²) in [6.45, 7) is 4.41. The summed E-state index contributed by atoms with van der Waals surface area (Å²) in [6.07, 6.45) is 1.32. The lowest BCUT2D eigenvalue weighted by molar-refractivity contribution is 0.0563. The number of rotatable bonds is 3. The van der Waals surface area contributed by atoms with Crippen LogP contribution in [0.4, 0.5) is 5.69 Å². The molecule has 0 unspecified atom stereocenters. The van der Waals surface area contributed by atoms with Crippen LogP contribution in [0.25, 0.3) is 0 Å². The van der Waals surface area contributed by atoms with Gasteiger partial charge in [-0.3, -0.25) is 0 Å². The Morgan fingerprint density at radius 2 is 1.90 bits per heavy atom. The van der Waals surface area contributed by atoms with E-state index in [4.69, 9.17) is 22.1 Å². The van der Waals surface area contributed by atoms with Gasteiger partial charge in [0, 0.05) is 13.2 Å². The van der Waals surface area contributed by atoms with Gasteiger partial charge in [-0.2, -0.15) is 0 Å². The largest absolute Gasteiger partial charge is 0.504 e. The summed E-state index contributed by atoms with van der Waals surface area (Å²) in [5.41, 5.74) is 5.62. The number of ether oxygens (including phenoxy) is 1. The van der Waals surface area contributed by atoms with Gasteiger partial charge < -0.3 is 15.6 Å². The first-order chi connectivity index (χ1) is 9.69. The zero-order chi connectivity index (χ0) is 15.8. The van der Waals surface area contributed by atoms with Crippen LogP contribution in [0.15, 0.2) is 17.0 Å². The number of sulfone groups is 1. The van der Waals surface area contributed by atoms with Crippen molar-refractivity contribution in [3.05, 3.63) is 17.2 Å². The Kier molecular flexibility index (Phi) is 4.42. The number of nitrogen functional groups attached to an aromatic ring is 1. The molecule has 21 heavy (non-hydrogen) atoms. The number of anilines is 1. The van der Waals surface area contributed by atoms with Crippen LogP contribution in [0, 0.1) is 5.92 Å². The van der Waals surface area contributed by atoms with E-state index >= 15 is 0 Å². The fourth-order valence-corrected chi connectivity index (χ4v) is 5.05. The molecule has 0 spiro atoms. The minimum atomic E-state index is -3.84. The molecule has 1 heterocycles. The van der Waals surface area contributed by atoms with Crippen molar-refractivity contribution in [3.8, 4) is 5.75 Å². The highest BCUT2D eigenvalue weighted by molar-refractivity contribution is 7.93. The highest BCUT2D eigenvalue weighted by atomic mass is 35.5. The molecule has 0 bridgehead atoms. The van der Waals surface area contributed by atoms with E-state index in [1.807, 2.05) is 0 Å². The van der Waals surface area contributed by atoms with Crippen molar-refractivity contribution in [2.75, 3.05) is 18.9 Å². The molecule has 1 fully saturated rings. The highest BCUT2D eigenvalue weighted by Crippen LogP contribution is 2.44. The van der Waals surface area contributed by atoms with Crippen molar-refractivity contribution in [2.24, 2.45) is 5.92 Å². The quantitative estimate of drug-likeness (QED) is 0.655. The Balaban J connectivity index is 2.53. The lowest BCUT2D eigenvalue weighted by Gasteiger charge is -2.36. The van der Waals surface area contributed by atoms with Crippen LogP contribution >= 0.6 is 11.6 Å². The number of nitrogens with two attached hydrogens (primary N) is 1. The number of phenolic OH excluding ortho intramolecular Hbond substituents is 1. The molecule has 1 aromatic carbocycles. The average molecular weight is 334 g/mol. The lowest BCUT2D eigenvalue weighted by Crippen LogP contribution is -2.42. The summed E-state index contributed by atoms with van der Waals surface area (Å²) in [6, 6.07) is 2.78. The molecule has 3 N–H and O–H groups in total. The van der Waals surface area contributed by atoms with E-state index in [1.165, 1.54) is 12.1 Å². The molecule has 0 atom stereocenters. The maximum absolute atomic E-state index is 13.0. The van der Waals surface area contributed by atoms with Crippen molar-refractivity contribution in [1.29, 1.82) is 0 Å². The fraction of sp³-hybridized carbons (Fsp3) is 0.571. The van der Waals surface area contributed by atoms with Gasteiger partial charge in [-0.1, -0.05) is 11.6 Å². The first-order valence-corrected chi connectivity index (χ1v) is 8.65. The predicted molar refractivity (Wildman–Crippen MR) is 82.3 cm³/mol. The van der Waals surface area contributed by atoms with Gasteiger partial charge in [-0.15, -0.1) is 0 Å². The van der Waals surface area contributed by atoms with Gasteiger partial charge in [-0.05, 0) is 44.7 Å². The number of halogens is 1. The number of phenols is 1. The highest BCUT2D eigenvalue weighted by Gasteiger charge is 2.45. The van der Waals surface area contributed by atoms with E-state index in [-0.39, 0.29) is 21.5 Å². The van der Waals surface area contributed by atoms with E-state index in [2.05, 4.69) is 0 Å². The summed E-state index contributed by atoms with van der Waals surface area (Å²) in [4.78, 5) is -0.277. The normalized spacial score (nSPS) is 17.9. The van der Waals surface area contributed by atoms with Crippen LogP contribution in [-0.2, 0) is 14.6 Å². The third-order valence-electron chi connectivity index (χ3n) is 4.28. The van der Waals surface area contributed by atoms with Crippen LogP contribution in [0.1, 0.15) is 26.7 Å². The molecule has 0 aromatic heterocycles. The Hall–Kier alpha value is -0.980. The monoisotopic (exact) mass is 333 g/mol. The van der Waals surface area contributed by atoms with Gasteiger partial charge in [0.15, 0.2) is 15.6 Å². The predicted octanol–water partition coefficient (Wildman–Crippen LogP) is 2.61. The summed E-state index contributed by atoms with van der Waals surface area (Å²) in [5, 5.41) is 10.1. The Bertz CT molecular complexity index is 637. The number of hydrogen-bond donors (Lipinski definition) is 2. The molecule has 118 valence electrons. The Morgan fingerprint density at radius 1 is 1.33 bits per heavy atom. The summed E-state index contributed by atoms with van der Waals surface area (Å²) in [7, 11) is -3.84. The van der Waals surface area contributed by atoms with Crippen molar-refractivity contribution < 1.29 is 18.3 Å². The second kappa shape index (κ2) is 5.66. The molecule has 1 saturated heterocycles. The van der Waals surface area contributed by atoms with Crippen LogP contribution in [0.3, 0.4) is 0 Å². The molecular formula is C14H20ClNO4S. The van der Waals surface area contributed by atoms with E-state index in [0.29, 0.717) is 26.1 Å². The molecule has 5 nitrogen and oxygen atoms in total. The second-order valence-electron chi connectivity index (χ2n) is 5.81.